The summed E-state index contributed by atoms with van der Waals surface area (Å²) in [5.74, 6) is 0.309. The van der Waals surface area contributed by atoms with Gasteiger partial charge in [0.2, 0.25) is 5.91 Å². The van der Waals surface area contributed by atoms with Crippen molar-refractivity contribution in [2.75, 3.05) is 33.2 Å². The van der Waals surface area contributed by atoms with Gasteiger partial charge in [-0.1, -0.05) is 6.42 Å². The minimum absolute atomic E-state index is 0.102. The summed E-state index contributed by atoms with van der Waals surface area (Å²) in [6.07, 6.45) is 3.75. The van der Waals surface area contributed by atoms with E-state index in [9.17, 15) is 4.79 Å². The Morgan fingerprint density at radius 1 is 1.24 bits per heavy atom. The zero-order valence-corrected chi connectivity index (χ0v) is 11.5. The van der Waals surface area contributed by atoms with E-state index in [1.54, 1.807) is 0 Å². The molecular weight excluding hydrogens is 214 g/mol. The molecule has 1 aliphatic heterocycles. The first-order valence-corrected chi connectivity index (χ1v) is 6.66. The first kappa shape index (κ1) is 14.5. The Morgan fingerprint density at radius 2 is 1.94 bits per heavy atom. The predicted molar refractivity (Wildman–Crippen MR) is 70.8 cm³/mol. The maximum Gasteiger partial charge on any atom is 0.222 e. The largest absolute Gasteiger partial charge is 0.340 e. The Bertz CT molecular complexity index is 253. The maximum absolute atomic E-state index is 12.0. The fraction of sp³-hybridized carbons (Fsp3) is 0.923. The molecule has 1 aliphatic rings. The molecule has 0 bridgehead atoms. The average molecular weight is 241 g/mol. The Labute approximate surface area is 105 Å². The highest BCUT2D eigenvalue weighted by Gasteiger charge is 2.32. The van der Waals surface area contributed by atoms with Crippen LogP contribution < -0.4 is 5.73 Å². The SMILES string of the molecule is CN1CCN(C(=O)CCCCCN)CC1(C)C. The molecule has 1 amide bonds. The van der Waals surface area contributed by atoms with Crippen molar-refractivity contribution in [1.29, 1.82) is 0 Å². The third kappa shape index (κ3) is 4.28. The van der Waals surface area contributed by atoms with E-state index in [4.69, 9.17) is 5.73 Å². The van der Waals surface area contributed by atoms with Crippen LogP contribution in [0.5, 0.6) is 0 Å². The van der Waals surface area contributed by atoms with Crippen molar-refractivity contribution >= 4 is 5.91 Å². The Hall–Kier alpha value is -0.610. The van der Waals surface area contributed by atoms with Crippen LogP contribution in [0.2, 0.25) is 0 Å². The predicted octanol–water partition coefficient (Wildman–Crippen LogP) is 1.06. The van der Waals surface area contributed by atoms with Crippen LogP contribution in [0.15, 0.2) is 0 Å². The van der Waals surface area contributed by atoms with Crippen molar-refractivity contribution < 1.29 is 4.79 Å². The van der Waals surface area contributed by atoms with E-state index < -0.39 is 0 Å². The molecule has 4 nitrogen and oxygen atoms in total. The standard InChI is InChI=1S/C13H27N3O/c1-13(2)11-16(10-9-15(13)3)12(17)7-5-4-6-8-14/h4-11,14H2,1-3H3. The number of likely N-dealkylation sites (N-methyl/N-ethyl adjacent to an activating group) is 1. The molecule has 4 heteroatoms. The molecule has 0 aromatic rings. The van der Waals surface area contributed by atoms with Crippen molar-refractivity contribution in [1.82, 2.24) is 9.80 Å². The van der Waals surface area contributed by atoms with Crippen molar-refractivity contribution in [3.8, 4) is 0 Å². The number of carbonyl (C=O) groups excluding carboxylic acids is 1. The minimum atomic E-state index is 0.102. The Kier molecular flexibility index (Phi) is 5.40. The number of amides is 1. The number of piperazine rings is 1. The number of hydrogen-bond acceptors (Lipinski definition) is 3. The van der Waals surface area contributed by atoms with Gasteiger partial charge < -0.3 is 10.6 Å². The maximum atomic E-state index is 12.0. The van der Waals surface area contributed by atoms with Crippen molar-refractivity contribution in [2.24, 2.45) is 5.73 Å². The third-order valence-electron chi connectivity index (χ3n) is 3.76. The molecule has 1 heterocycles. The van der Waals surface area contributed by atoms with E-state index in [-0.39, 0.29) is 5.54 Å². The van der Waals surface area contributed by atoms with E-state index in [2.05, 4.69) is 25.8 Å². The van der Waals surface area contributed by atoms with Crippen LogP contribution in [0.25, 0.3) is 0 Å². The first-order valence-electron chi connectivity index (χ1n) is 6.66. The smallest absolute Gasteiger partial charge is 0.222 e. The van der Waals surface area contributed by atoms with E-state index in [0.29, 0.717) is 12.3 Å². The van der Waals surface area contributed by atoms with Crippen molar-refractivity contribution in [2.45, 2.75) is 45.1 Å². The van der Waals surface area contributed by atoms with Crippen molar-refractivity contribution in [3.05, 3.63) is 0 Å². The average Bonchev–Trinajstić information content (AvgIpc) is 2.28. The number of hydrogen-bond donors (Lipinski definition) is 1. The topological polar surface area (TPSA) is 49.6 Å². The summed E-state index contributed by atoms with van der Waals surface area (Å²) in [6.45, 7) is 7.81. The second-order valence-corrected chi connectivity index (χ2v) is 5.65. The van der Waals surface area contributed by atoms with E-state index in [0.717, 1.165) is 45.4 Å². The van der Waals surface area contributed by atoms with Crippen LogP contribution in [0.3, 0.4) is 0 Å². The molecule has 0 aromatic heterocycles. The van der Waals surface area contributed by atoms with Gasteiger partial charge in [0.15, 0.2) is 0 Å². The van der Waals surface area contributed by atoms with Crippen molar-refractivity contribution in [3.63, 3.8) is 0 Å². The molecule has 1 rings (SSSR count). The van der Waals surface area contributed by atoms with E-state index >= 15 is 0 Å². The van der Waals surface area contributed by atoms with Gasteiger partial charge in [0.05, 0.1) is 0 Å². The molecule has 0 radical (unpaired) electrons. The fourth-order valence-electron chi connectivity index (χ4n) is 2.21. The lowest BCUT2D eigenvalue weighted by Gasteiger charge is -2.45. The van der Waals surface area contributed by atoms with Gasteiger partial charge in [0, 0.05) is 31.6 Å². The van der Waals surface area contributed by atoms with Gasteiger partial charge in [-0.25, -0.2) is 0 Å². The molecule has 2 N–H and O–H groups in total. The summed E-state index contributed by atoms with van der Waals surface area (Å²) >= 11 is 0. The number of carbonyl (C=O) groups is 1. The van der Waals surface area contributed by atoms with Crippen LogP contribution in [0.4, 0.5) is 0 Å². The molecule has 1 fully saturated rings. The highest BCUT2D eigenvalue weighted by molar-refractivity contribution is 5.76. The molecule has 0 saturated carbocycles. The van der Waals surface area contributed by atoms with Crippen LogP contribution in [-0.2, 0) is 4.79 Å². The molecule has 0 atom stereocenters. The zero-order valence-electron chi connectivity index (χ0n) is 11.5. The van der Waals surface area contributed by atoms with Crippen LogP contribution in [0, 0.1) is 0 Å². The molecule has 0 aliphatic carbocycles. The summed E-state index contributed by atoms with van der Waals surface area (Å²) in [5.41, 5.74) is 5.54. The summed E-state index contributed by atoms with van der Waals surface area (Å²) in [5, 5.41) is 0. The van der Waals surface area contributed by atoms with E-state index in [1.165, 1.54) is 0 Å². The molecule has 0 unspecified atom stereocenters. The van der Waals surface area contributed by atoms with Gasteiger partial charge in [0.1, 0.15) is 0 Å². The summed E-state index contributed by atoms with van der Waals surface area (Å²) in [4.78, 5) is 16.4. The summed E-state index contributed by atoms with van der Waals surface area (Å²) < 4.78 is 0. The number of rotatable bonds is 5. The lowest BCUT2D eigenvalue weighted by molar-refractivity contribution is -0.135. The fourth-order valence-corrected chi connectivity index (χ4v) is 2.21. The lowest BCUT2D eigenvalue weighted by Crippen LogP contribution is -2.58. The van der Waals surface area contributed by atoms with Gasteiger partial charge >= 0.3 is 0 Å². The molecule has 17 heavy (non-hydrogen) atoms. The number of unbranched alkanes of at least 4 members (excludes halogenated alkanes) is 2. The molecular formula is C13H27N3O. The second kappa shape index (κ2) is 6.36. The summed E-state index contributed by atoms with van der Waals surface area (Å²) in [6, 6.07) is 0. The number of nitrogens with zero attached hydrogens (tertiary/aromatic N) is 2. The van der Waals surface area contributed by atoms with Crippen LogP contribution in [0.1, 0.15) is 39.5 Å². The second-order valence-electron chi connectivity index (χ2n) is 5.65. The first-order chi connectivity index (χ1) is 7.97. The number of nitrogens with two attached hydrogens (primary N) is 1. The lowest BCUT2D eigenvalue weighted by atomic mass is 9.99. The zero-order chi connectivity index (χ0) is 12.9. The van der Waals surface area contributed by atoms with Gasteiger partial charge in [-0.3, -0.25) is 9.69 Å². The van der Waals surface area contributed by atoms with Gasteiger partial charge in [0.25, 0.3) is 0 Å². The van der Waals surface area contributed by atoms with Gasteiger partial charge in [-0.15, -0.1) is 0 Å². The van der Waals surface area contributed by atoms with Crippen LogP contribution >= 0.6 is 0 Å². The highest BCUT2D eigenvalue weighted by atomic mass is 16.2. The quantitative estimate of drug-likeness (QED) is 0.732. The van der Waals surface area contributed by atoms with Crippen LogP contribution in [-0.4, -0.2) is 54.5 Å². The molecule has 0 aromatic carbocycles. The minimum Gasteiger partial charge on any atom is -0.340 e. The van der Waals surface area contributed by atoms with E-state index in [1.807, 2.05) is 4.90 Å². The highest BCUT2D eigenvalue weighted by Crippen LogP contribution is 2.19. The molecule has 100 valence electrons. The Morgan fingerprint density at radius 3 is 2.53 bits per heavy atom. The third-order valence-corrected chi connectivity index (χ3v) is 3.76. The monoisotopic (exact) mass is 241 g/mol. The summed E-state index contributed by atoms with van der Waals surface area (Å²) in [7, 11) is 2.13. The van der Waals surface area contributed by atoms with Gasteiger partial charge in [-0.05, 0) is 40.3 Å². The molecule has 0 spiro atoms. The Balaban J connectivity index is 2.33. The normalized spacial score (nSPS) is 20.6. The molecule has 1 saturated heterocycles. The van der Waals surface area contributed by atoms with Gasteiger partial charge in [-0.2, -0.15) is 0 Å².